The van der Waals surface area contributed by atoms with E-state index in [9.17, 15) is 0 Å². The van der Waals surface area contributed by atoms with Gasteiger partial charge in [-0.05, 0) is 47.4 Å². The highest BCUT2D eigenvalue weighted by Crippen LogP contribution is 2.24. The topological polar surface area (TPSA) is 3.24 Å². The van der Waals surface area contributed by atoms with Gasteiger partial charge in [-0.1, -0.05) is 89.2 Å². The molecule has 25 heavy (non-hydrogen) atoms. The maximum Gasteiger partial charge on any atom is 0.000450 e. The third-order valence-electron chi connectivity index (χ3n) is 4.71. The van der Waals surface area contributed by atoms with Gasteiger partial charge in [0, 0.05) is 13.1 Å². The first-order valence-electron chi connectivity index (χ1n) is 9.83. The maximum absolute atomic E-state index is 2.64. The molecule has 136 valence electrons. The molecule has 0 aliphatic rings. The molecule has 0 aliphatic heterocycles. The fourth-order valence-corrected chi connectivity index (χ4v) is 3.47. The van der Waals surface area contributed by atoms with Crippen LogP contribution in [0.1, 0.15) is 52.5 Å². The van der Waals surface area contributed by atoms with Crippen molar-refractivity contribution in [2.75, 3.05) is 19.6 Å². The number of benzene rings is 2. The molecule has 0 aromatic heterocycles. The van der Waals surface area contributed by atoms with Gasteiger partial charge in [-0.25, -0.2) is 0 Å². The highest BCUT2D eigenvalue weighted by atomic mass is 15.1. The Kier molecular flexibility index (Phi) is 7.71. The average molecular weight is 338 g/mol. The van der Waals surface area contributed by atoms with Crippen molar-refractivity contribution in [3.05, 3.63) is 60.2 Å². The lowest BCUT2D eigenvalue weighted by Crippen LogP contribution is -2.32. The summed E-state index contributed by atoms with van der Waals surface area (Å²) in [5.41, 5.74) is 4.05. The fourth-order valence-electron chi connectivity index (χ4n) is 3.47. The summed E-state index contributed by atoms with van der Waals surface area (Å²) in [4.78, 5) is 2.64. The summed E-state index contributed by atoms with van der Waals surface area (Å²) in [6, 6.07) is 19.8. The first-order chi connectivity index (χ1) is 12.0. The van der Waals surface area contributed by atoms with Crippen LogP contribution in [0, 0.1) is 11.8 Å². The summed E-state index contributed by atoms with van der Waals surface area (Å²) in [6.45, 7) is 15.2. The zero-order valence-corrected chi connectivity index (χ0v) is 16.7. The Balaban J connectivity index is 1.94. The van der Waals surface area contributed by atoms with E-state index in [2.05, 4.69) is 94.1 Å². The predicted octanol–water partition coefficient (Wildman–Crippen LogP) is 6.46. The summed E-state index contributed by atoms with van der Waals surface area (Å²) in [6.07, 6.45) is 1.23. The van der Waals surface area contributed by atoms with Gasteiger partial charge in [0.25, 0.3) is 0 Å². The van der Waals surface area contributed by atoms with E-state index in [1.165, 1.54) is 42.7 Å². The van der Waals surface area contributed by atoms with Crippen LogP contribution in [0.15, 0.2) is 54.6 Å². The van der Waals surface area contributed by atoms with Crippen LogP contribution in [-0.2, 0) is 0 Å². The van der Waals surface area contributed by atoms with E-state index >= 15 is 0 Å². The Bertz CT molecular complexity index is 588. The summed E-state index contributed by atoms with van der Waals surface area (Å²) in [7, 11) is 0. The van der Waals surface area contributed by atoms with E-state index in [0.717, 1.165) is 11.8 Å². The molecule has 0 N–H and O–H groups in total. The Hall–Kier alpha value is -1.60. The first kappa shape index (κ1) is 19.7. The van der Waals surface area contributed by atoms with Crippen molar-refractivity contribution in [3.8, 4) is 11.1 Å². The molecule has 0 saturated heterocycles. The molecule has 0 heterocycles. The fraction of sp³-hybridized carbons (Fsp3) is 0.500. The molecule has 0 saturated carbocycles. The number of hydrogen-bond acceptors (Lipinski definition) is 1. The lowest BCUT2D eigenvalue weighted by molar-refractivity contribution is 0.213. The molecule has 1 nitrogen and oxygen atoms in total. The summed E-state index contributed by atoms with van der Waals surface area (Å²) >= 11 is 0. The second kappa shape index (κ2) is 9.77. The zero-order chi connectivity index (χ0) is 18.2. The third-order valence-corrected chi connectivity index (χ3v) is 4.71. The first-order valence-corrected chi connectivity index (χ1v) is 9.83. The molecule has 1 atom stereocenters. The van der Waals surface area contributed by atoms with E-state index in [4.69, 9.17) is 0 Å². The molecular weight excluding hydrogens is 302 g/mol. The molecular formula is C24H35N. The van der Waals surface area contributed by atoms with Gasteiger partial charge in [0.2, 0.25) is 0 Å². The lowest BCUT2D eigenvalue weighted by Gasteiger charge is -2.27. The van der Waals surface area contributed by atoms with E-state index in [1.54, 1.807) is 0 Å². The second-order valence-corrected chi connectivity index (χ2v) is 8.23. The van der Waals surface area contributed by atoms with Gasteiger partial charge in [-0.2, -0.15) is 0 Å². The smallest absolute Gasteiger partial charge is 0.000450 e. The third kappa shape index (κ3) is 6.66. The van der Waals surface area contributed by atoms with Crippen molar-refractivity contribution in [1.29, 1.82) is 0 Å². The molecule has 2 rings (SSSR count). The van der Waals surface area contributed by atoms with Gasteiger partial charge >= 0.3 is 0 Å². The molecule has 0 spiro atoms. The Morgan fingerprint density at radius 2 is 1.20 bits per heavy atom. The van der Waals surface area contributed by atoms with Gasteiger partial charge in [0.15, 0.2) is 0 Å². The average Bonchev–Trinajstić information content (AvgIpc) is 2.59. The normalized spacial score (nSPS) is 13.0. The molecule has 0 amide bonds. The molecule has 0 fully saturated rings. The molecule has 0 aliphatic carbocycles. The van der Waals surface area contributed by atoms with Crippen LogP contribution in [0.2, 0.25) is 0 Å². The minimum Gasteiger partial charge on any atom is -0.303 e. The van der Waals surface area contributed by atoms with E-state index in [0.29, 0.717) is 5.92 Å². The molecule has 0 bridgehead atoms. The Morgan fingerprint density at radius 3 is 1.72 bits per heavy atom. The predicted molar refractivity (Wildman–Crippen MR) is 111 cm³/mol. The number of rotatable bonds is 9. The zero-order valence-electron chi connectivity index (χ0n) is 16.7. The van der Waals surface area contributed by atoms with Gasteiger partial charge < -0.3 is 4.90 Å². The van der Waals surface area contributed by atoms with Crippen LogP contribution >= 0.6 is 0 Å². The molecule has 1 unspecified atom stereocenters. The van der Waals surface area contributed by atoms with Gasteiger partial charge in [0.05, 0.1) is 0 Å². The van der Waals surface area contributed by atoms with Crippen LogP contribution in [0.3, 0.4) is 0 Å². The van der Waals surface area contributed by atoms with Crippen LogP contribution in [0.25, 0.3) is 11.1 Å². The van der Waals surface area contributed by atoms with Crippen LogP contribution in [0.5, 0.6) is 0 Å². The quantitative estimate of drug-likeness (QED) is 0.507. The number of nitrogens with zero attached hydrogens (tertiary/aromatic N) is 1. The number of hydrogen-bond donors (Lipinski definition) is 0. The molecule has 1 heteroatoms. The van der Waals surface area contributed by atoms with Crippen molar-refractivity contribution in [1.82, 2.24) is 4.90 Å². The van der Waals surface area contributed by atoms with Crippen LogP contribution < -0.4 is 0 Å². The van der Waals surface area contributed by atoms with E-state index in [-0.39, 0.29) is 0 Å². The van der Waals surface area contributed by atoms with E-state index < -0.39 is 0 Å². The van der Waals surface area contributed by atoms with Crippen LogP contribution in [-0.4, -0.2) is 24.5 Å². The van der Waals surface area contributed by atoms with Crippen molar-refractivity contribution in [3.63, 3.8) is 0 Å². The summed E-state index contributed by atoms with van der Waals surface area (Å²) in [5, 5.41) is 0. The molecule has 2 aromatic carbocycles. The van der Waals surface area contributed by atoms with Gasteiger partial charge in [-0.3, -0.25) is 0 Å². The Labute approximate surface area is 155 Å². The van der Waals surface area contributed by atoms with Crippen molar-refractivity contribution in [2.24, 2.45) is 11.8 Å². The minimum absolute atomic E-state index is 0.603. The molecule has 0 radical (unpaired) electrons. The largest absolute Gasteiger partial charge is 0.303 e. The van der Waals surface area contributed by atoms with Crippen molar-refractivity contribution >= 4 is 0 Å². The summed E-state index contributed by atoms with van der Waals surface area (Å²) < 4.78 is 0. The van der Waals surface area contributed by atoms with Gasteiger partial charge in [0.1, 0.15) is 0 Å². The standard InChI is InChI=1S/C24H35N/c1-19(2)17-25(18-20(3)4)16-15-21(5)22-11-13-24(14-12-22)23-9-7-6-8-10-23/h6-14,19-21H,15-18H2,1-5H3. The highest BCUT2D eigenvalue weighted by molar-refractivity contribution is 5.63. The van der Waals surface area contributed by atoms with Crippen molar-refractivity contribution in [2.45, 2.75) is 47.0 Å². The Morgan fingerprint density at radius 1 is 0.680 bits per heavy atom. The minimum atomic E-state index is 0.603. The lowest BCUT2D eigenvalue weighted by atomic mass is 9.95. The van der Waals surface area contributed by atoms with Gasteiger partial charge in [-0.15, -0.1) is 0 Å². The highest BCUT2D eigenvalue weighted by Gasteiger charge is 2.12. The molecule has 2 aromatic rings. The summed E-state index contributed by atoms with van der Waals surface area (Å²) in [5.74, 6) is 2.07. The monoisotopic (exact) mass is 337 g/mol. The maximum atomic E-state index is 2.64. The van der Waals surface area contributed by atoms with E-state index in [1.807, 2.05) is 0 Å². The van der Waals surface area contributed by atoms with Crippen molar-refractivity contribution < 1.29 is 0 Å². The SMILES string of the molecule is CC(C)CN(CCC(C)c1ccc(-c2ccccc2)cc1)CC(C)C. The van der Waals surface area contributed by atoms with Crippen LogP contribution in [0.4, 0.5) is 0 Å². The second-order valence-electron chi connectivity index (χ2n) is 8.23.